The van der Waals surface area contributed by atoms with E-state index in [9.17, 15) is 0 Å². The van der Waals surface area contributed by atoms with Gasteiger partial charge in [0.2, 0.25) is 0 Å². The minimum Gasteiger partial charge on any atom is -0.489 e. The van der Waals surface area contributed by atoms with Gasteiger partial charge in [0.15, 0.2) is 0 Å². The lowest BCUT2D eigenvalue weighted by molar-refractivity contribution is 0.306. The lowest BCUT2D eigenvalue weighted by Gasteiger charge is -2.08. The van der Waals surface area contributed by atoms with Gasteiger partial charge in [-0.15, -0.1) is 0 Å². The van der Waals surface area contributed by atoms with E-state index in [0.29, 0.717) is 6.61 Å². The fourth-order valence-electron chi connectivity index (χ4n) is 2.34. The molecule has 0 saturated heterocycles. The van der Waals surface area contributed by atoms with Crippen molar-refractivity contribution in [1.82, 2.24) is 0 Å². The summed E-state index contributed by atoms with van der Waals surface area (Å²) < 4.78 is 5.87. The first-order valence-electron chi connectivity index (χ1n) is 7.27. The van der Waals surface area contributed by atoms with E-state index in [-0.39, 0.29) is 0 Å². The van der Waals surface area contributed by atoms with Crippen LogP contribution in [0, 0.1) is 0 Å². The summed E-state index contributed by atoms with van der Waals surface area (Å²) in [5, 5.41) is 0.868. The van der Waals surface area contributed by atoms with Gasteiger partial charge in [-0.2, -0.15) is 0 Å². The average molecular weight is 353 g/mol. The van der Waals surface area contributed by atoms with Gasteiger partial charge in [-0.3, -0.25) is 0 Å². The van der Waals surface area contributed by atoms with Crippen molar-refractivity contribution >= 4 is 15.9 Å². The molecule has 0 heterocycles. The van der Waals surface area contributed by atoms with Crippen LogP contribution in [0.25, 0.3) is 11.1 Å². The molecule has 3 aromatic rings. The van der Waals surface area contributed by atoms with E-state index in [4.69, 9.17) is 4.74 Å². The zero-order valence-electron chi connectivity index (χ0n) is 12.2. The van der Waals surface area contributed by atoms with Crippen molar-refractivity contribution in [3.63, 3.8) is 0 Å². The number of ether oxygens (including phenoxy) is 1. The van der Waals surface area contributed by atoms with Gasteiger partial charge in [0.05, 0.1) is 0 Å². The van der Waals surface area contributed by atoms with E-state index in [1.807, 2.05) is 18.2 Å². The Hall–Kier alpha value is -2.06. The maximum absolute atomic E-state index is 5.87. The SMILES string of the molecule is BrCc1cccc(COc2ccc(-c3ccccc3)cc2)c1. The van der Waals surface area contributed by atoms with Crippen LogP contribution in [-0.2, 0) is 11.9 Å². The molecule has 0 aliphatic rings. The van der Waals surface area contributed by atoms with Crippen LogP contribution in [0.15, 0.2) is 78.9 Å². The van der Waals surface area contributed by atoms with Crippen molar-refractivity contribution in [2.75, 3.05) is 0 Å². The van der Waals surface area contributed by atoms with Crippen LogP contribution in [0.3, 0.4) is 0 Å². The third kappa shape index (κ3) is 3.77. The molecule has 0 N–H and O–H groups in total. The molecule has 0 unspecified atom stereocenters. The van der Waals surface area contributed by atoms with Crippen LogP contribution in [-0.4, -0.2) is 0 Å². The van der Waals surface area contributed by atoms with Crippen LogP contribution < -0.4 is 4.74 Å². The highest BCUT2D eigenvalue weighted by molar-refractivity contribution is 9.08. The van der Waals surface area contributed by atoms with Gasteiger partial charge in [0.25, 0.3) is 0 Å². The topological polar surface area (TPSA) is 9.23 Å². The third-order valence-corrected chi connectivity index (χ3v) is 4.16. The summed E-state index contributed by atoms with van der Waals surface area (Å²) in [7, 11) is 0. The summed E-state index contributed by atoms with van der Waals surface area (Å²) in [4.78, 5) is 0. The molecule has 22 heavy (non-hydrogen) atoms. The molecule has 0 fully saturated rings. The van der Waals surface area contributed by atoms with Crippen molar-refractivity contribution in [3.05, 3.63) is 90.0 Å². The minimum absolute atomic E-state index is 0.589. The first kappa shape index (κ1) is 14.9. The van der Waals surface area contributed by atoms with E-state index in [2.05, 4.69) is 76.6 Å². The minimum atomic E-state index is 0.589. The first-order valence-corrected chi connectivity index (χ1v) is 8.39. The standard InChI is InChI=1S/C20H17BrO/c21-14-16-5-4-6-17(13-16)15-22-20-11-9-19(10-12-20)18-7-2-1-3-8-18/h1-13H,14-15H2. The second-order valence-electron chi connectivity index (χ2n) is 5.13. The third-order valence-electron chi connectivity index (χ3n) is 3.51. The maximum Gasteiger partial charge on any atom is 0.119 e. The van der Waals surface area contributed by atoms with Gasteiger partial charge in [-0.1, -0.05) is 82.7 Å². The highest BCUT2D eigenvalue weighted by Gasteiger charge is 2.00. The van der Waals surface area contributed by atoms with Crippen molar-refractivity contribution in [1.29, 1.82) is 0 Å². The summed E-state index contributed by atoms with van der Waals surface area (Å²) in [6.07, 6.45) is 0. The average Bonchev–Trinajstić information content (AvgIpc) is 2.61. The second kappa shape index (κ2) is 7.28. The molecule has 0 bridgehead atoms. The fourth-order valence-corrected chi connectivity index (χ4v) is 2.69. The van der Waals surface area contributed by atoms with Gasteiger partial charge in [-0.25, -0.2) is 0 Å². The Kier molecular flexibility index (Phi) is 4.92. The van der Waals surface area contributed by atoms with Crippen LogP contribution in [0.4, 0.5) is 0 Å². The van der Waals surface area contributed by atoms with Crippen LogP contribution in [0.5, 0.6) is 5.75 Å². The predicted octanol–water partition coefficient (Wildman–Crippen LogP) is 5.83. The van der Waals surface area contributed by atoms with E-state index in [1.165, 1.54) is 22.3 Å². The summed E-state index contributed by atoms with van der Waals surface area (Å²) in [5.74, 6) is 0.893. The van der Waals surface area contributed by atoms with Gasteiger partial charge in [0, 0.05) is 5.33 Å². The molecule has 0 amide bonds. The number of hydrogen-bond acceptors (Lipinski definition) is 1. The molecule has 0 aliphatic heterocycles. The Bertz CT molecular complexity index is 720. The molecular formula is C20H17BrO. The summed E-state index contributed by atoms with van der Waals surface area (Å²) >= 11 is 3.48. The number of alkyl halides is 1. The van der Waals surface area contributed by atoms with Gasteiger partial charge < -0.3 is 4.74 Å². The van der Waals surface area contributed by atoms with Crippen molar-refractivity contribution in [3.8, 4) is 16.9 Å². The molecule has 0 spiro atoms. The molecule has 2 heteroatoms. The molecule has 3 aromatic carbocycles. The van der Waals surface area contributed by atoms with E-state index in [0.717, 1.165) is 11.1 Å². The van der Waals surface area contributed by atoms with Crippen molar-refractivity contribution in [2.24, 2.45) is 0 Å². The summed E-state index contributed by atoms with van der Waals surface area (Å²) in [6, 6.07) is 27.0. The fraction of sp³-hybridized carbons (Fsp3) is 0.100. The highest BCUT2D eigenvalue weighted by Crippen LogP contribution is 2.22. The molecular weight excluding hydrogens is 336 g/mol. The zero-order valence-corrected chi connectivity index (χ0v) is 13.8. The molecule has 0 atom stereocenters. The maximum atomic E-state index is 5.87. The van der Waals surface area contributed by atoms with Crippen LogP contribution in [0.1, 0.15) is 11.1 Å². The smallest absolute Gasteiger partial charge is 0.119 e. The zero-order chi connectivity index (χ0) is 15.2. The van der Waals surface area contributed by atoms with E-state index >= 15 is 0 Å². The molecule has 0 aliphatic carbocycles. The van der Waals surface area contributed by atoms with Gasteiger partial charge in [0.1, 0.15) is 12.4 Å². The monoisotopic (exact) mass is 352 g/mol. The Labute approximate surface area is 139 Å². The molecule has 110 valence electrons. The molecule has 3 rings (SSSR count). The lowest BCUT2D eigenvalue weighted by Crippen LogP contribution is -1.96. The van der Waals surface area contributed by atoms with E-state index < -0.39 is 0 Å². The normalized spacial score (nSPS) is 10.4. The second-order valence-corrected chi connectivity index (χ2v) is 5.69. The highest BCUT2D eigenvalue weighted by atomic mass is 79.9. The first-order chi connectivity index (χ1) is 10.8. The van der Waals surface area contributed by atoms with Crippen LogP contribution in [0.2, 0.25) is 0 Å². The molecule has 0 saturated carbocycles. The Morgan fingerprint density at radius 2 is 1.36 bits per heavy atom. The Morgan fingerprint density at radius 3 is 2.09 bits per heavy atom. The number of halogens is 1. The quantitative estimate of drug-likeness (QED) is 0.525. The lowest BCUT2D eigenvalue weighted by atomic mass is 10.1. The van der Waals surface area contributed by atoms with E-state index in [1.54, 1.807) is 0 Å². The van der Waals surface area contributed by atoms with Crippen molar-refractivity contribution < 1.29 is 4.74 Å². The summed E-state index contributed by atoms with van der Waals surface area (Å²) in [6.45, 7) is 0.589. The number of benzene rings is 3. The Morgan fingerprint density at radius 1 is 0.682 bits per heavy atom. The summed E-state index contributed by atoms with van der Waals surface area (Å²) in [5.41, 5.74) is 4.87. The molecule has 1 nitrogen and oxygen atoms in total. The largest absolute Gasteiger partial charge is 0.489 e. The predicted molar refractivity (Wildman–Crippen MR) is 95.3 cm³/mol. The Balaban J connectivity index is 1.66. The number of hydrogen-bond donors (Lipinski definition) is 0. The van der Waals surface area contributed by atoms with Gasteiger partial charge in [-0.05, 0) is 34.4 Å². The van der Waals surface area contributed by atoms with Gasteiger partial charge >= 0.3 is 0 Å². The molecule has 0 radical (unpaired) electrons. The number of rotatable bonds is 5. The van der Waals surface area contributed by atoms with Crippen molar-refractivity contribution in [2.45, 2.75) is 11.9 Å². The van der Waals surface area contributed by atoms with Crippen LogP contribution >= 0.6 is 15.9 Å². The molecule has 0 aromatic heterocycles.